The minimum absolute atomic E-state index is 0.0758. The molecule has 0 aliphatic carbocycles. The van der Waals surface area contributed by atoms with Crippen molar-refractivity contribution in [3.8, 4) is 0 Å². The van der Waals surface area contributed by atoms with Crippen LogP contribution in [0.2, 0.25) is 5.15 Å². The molecule has 1 aromatic heterocycles. The van der Waals surface area contributed by atoms with E-state index in [4.69, 9.17) is 21.1 Å². The quantitative estimate of drug-likeness (QED) is 0.601. The molecule has 3 aliphatic rings. The van der Waals surface area contributed by atoms with Crippen LogP contribution < -0.4 is 4.90 Å². The minimum atomic E-state index is -4.68. The molecule has 3 saturated heterocycles. The zero-order valence-corrected chi connectivity index (χ0v) is 18.9. The van der Waals surface area contributed by atoms with Crippen molar-refractivity contribution in [3.63, 3.8) is 0 Å². The molecule has 8 nitrogen and oxygen atoms in total. The van der Waals surface area contributed by atoms with Crippen molar-refractivity contribution in [2.45, 2.75) is 24.4 Å². The molecule has 1 amide bonds. The first-order valence-corrected chi connectivity index (χ1v) is 11.3. The molecule has 0 bridgehead atoms. The van der Waals surface area contributed by atoms with Crippen LogP contribution in [0.5, 0.6) is 0 Å². The summed E-state index contributed by atoms with van der Waals surface area (Å²) in [6.45, 7) is 3.79. The van der Waals surface area contributed by atoms with Crippen LogP contribution in [0.25, 0.3) is 0 Å². The van der Waals surface area contributed by atoms with E-state index < -0.39 is 17.5 Å². The van der Waals surface area contributed by atoms with Crippen molar-refractivity contribution in [1.82, 2.24) is 19.8 Å². The molecule has 182 valence electrons. The molecule has 1 aromatic carbocycles. The Morgan fingerprint density at radius 1 is 1.15 bits per heavy atom. The van der Waals surface area contributed by atoms with Gasteiger partial charge in [0.25, 0.3) is 0 Å². The topological polar surface area (TPSA) is 71.0 Å². The van der Waals surface area contributed by atoms with E-state index in [1.807, 2.05) is 35.2 Å². The normalized spacial score (nSPS) is 22.3. The summed E-state index contributed by atoms with van der Waals surface area (Å²) >= 11 is 5.86. The van der Waals surface area contributed by atoms with E-state index in [-0.39, 0.29) is 29.7 Å². The van der Waals surface area contributed by atoms with Crippen LogP contribution in [0.1, 0.15) is 11.4 Å². The summed E-state index contributed by atoms with van der Waals surface area (Å²) in [4.78, 5) is 25.3. The fraction of sp³-hybridized carbons (Fsp3) is 0.500. The van der Waals surface area contributed by atoms with Gasteiger partial charge < -0.3 is 19.3 Å². The van der Waals surface area contributed by atoms with Gasteiger partial charge in [0.05, 0.1) is 19.3 Å². The number of nitrogens with zero attached hydrogens (tertiary/aromatic N) is 5. The highest BCUT2D eigenvalue weighted by Gasteiger charge is 2.61. The lowest BCUT2D eigenvalue weighted by Crippen LogP contribution is -2.84. The Balaban J connectivity index is 1.20. The molecule has 12 heteroatoms. The Morgan fingerprint density at radius 3 is 2.47 bits per heavy atom. The molecule has 3 aliphatic heterocycles. The molecule has 2 aromatic rings. The lowest BCUT2D eigenvalue weighted by molar-refractivity contribution is -0.146. The van der Waals surface area contributed by atoms with Gasteiger partial charge in [0, 0.05) is 38.8 Å². The van der Waals surface area contributed by atoms with Gasteiger partial charge in [-0.1, -0.05) is 41.9 Å². The van der Waals surface area contributed by atoms with Crippen LogP contribution in [0.3, 0.4) is 0 Å². The summed E-state index contributed by atoms with van der Waals surface area (Å²) in [7, 11) is 0. The molecule has 4 heterocycles. The first kappa shape index (κ1) is 23.1. The third-order valence-corrected chi connectivity index (χ3v) is 6.84. The number of rotatable bonds is 4. The minimum Gasteiger partial charge on any atom is -0.445 e. The Kier molecular flexibility index (Phi) is 6.03. The lowest BCUT2D eigenvalue weighted by atomic mass is 9.76. The lowest BCUT2D eigenvalue weighted by Gasteiger charge is -2.66. The van der Waals surface area contributed by atoms with E-state index in [1.54, 1.807) is 4.90 Å². The van der Waals surface area contributed by atoms with Gasteiger partial charge in [-0.25, -0.2) is 14.8 Å². The highest BCUT2D eigenvalue weighted by Crippen LogP contribution is 2.44. The average molecular weight is 498 g/mol. The molecule has 0 saturated carbocycles. The van der Waals surface area contributed by atoms with Crippen LogP contribution in [-0.4, -0.2) is 83.4 Å². The van der Waals surface area contributed by atoms with Crippen LogP contribution in [0.15, 0.2) is 36.4 Å². The summed E-state index contributed by atoms with van der Waals surface area (Å²) in [6, 6.07) is 10.9. The maximum Gasteiger partial charge on any atom is 0.451 e. The van der Waals surface area contributed by atoms with E-state index in [9.17, 15) is 18.0 Å². The predicted octanol–water partition coefficient (Wildman–Crippen LogP) is 3.06. The van der Waals surface area contributed by atoms with Gasteiger partial charge in [-0.15, -0.1) is 0 Å². The highest BCUT2D eigenvalue weighted by atomic mass is 35.5. The third-order valence-electron chi connectivity index (χ3n) is 6.65. The van der Waals surface area contributed by atoms with Gasteiger partial charge in [0.1, 0.15) is 23.1 Å². The Labute approximate surface area is 199 Å². The first-order valence-electron chi connectivity index (χ1n) is 10.9. The largest absolute Gasteiger partial charge is 0.451 e. The molecule has 5 rings (SSSR count). The van der Waals surface area contributed by atoms with Crippen molar-refractivity contribution < 1.29 is 27.4 Å². The van der Waals surface area contributed by atoms with Crippen molar-refractivity contribution in [2.24, 2.45) is 0 Å². The molecule has 1 atom stereocenters. The number of hydrogen-bond acceptors (Lipinski definition) is 7. The van der Waals surface area contributed by atoms with Gasteiger partial charge in [-0.3, -0.25) is 4.90 Å². The molecular weight excluding hydrogens is 475 g/mol. The number of piperazine rings is 1. The van der Waals surface area contributed by atoms with E-state index in [2.05, 4.69) is 14.9 Å². The van der Waals surface area contributed by atoms with Crippen molar-refractivity contribution in [1.29, 1.82) is 0 Å². The maximum absolute atomic E-state index is 13.2. The summed E-state index contributed by atoms with van der Waals surface area (Å²) in [5.74, 6) is -1.11. The molecule has 1 unspecified atom stereocenters. The van der Waals surface area contributed by atoms with Crippen LogP contribution in [0.4, 0.5) is 23.8 Å². The standard InChI is InChI=1S/C22H23ClF3N5O3/c23-17-10-18(28-19(27-17)22(24,25)26)31-11-16(21(31)13-33-14-21)29-6-8-30(9-7-29)20(32)34-12-15-4-2-1-3-5-15/h1-5,10,16H,6-9,11-14H2. The monoisotopic (exact) mass is 497 g/mol. The zero-order chi connectivity index (χ0) is 23.9. The Morgan fingerprint density at radius 2 is 1.85 bits per heavy atom. The van der Waals surface area contributed by atoms with Crippen molar-refractivity contribution >= 4 is 23.5 Å². The fourth-order valence-electron chi connectivity index (χ4n) is 4.73. The average Bonchev–Trinajstić information content (AvgIpc) is 2.76. The number of carbonyl (C=O) groups is 1. The van der Waals surface area contributed by atoms with Crippen LogP contribution in [-0.2, 0) is 22.3 Å². The van der Waals surface area contributed by atoms with Crippen molar-refractivity contribution in [2.75, 3.05) is 50.8 Å². The van der Waals surface area contributed by atoms with Gasteiger partial charge in [-0.2, -0.15) is 13.2 Å². The molecule has 1 spiro atoms. The second-order valence-corrected chi connectivity index (χ2v) is 9.04. The number of halogens is 4. The number of amides is 1. The summed E-state index contributed by atoms with van der Waals surface area (Å²) in [5.41, 5.74) is 0.464. The SMILES string of the molecule is O=C(OCc1ccccc1)N1CCN(C2CN(c3cc(Cl)nc(C(F)(F)F)n3)C23COC3)CC1. The van der Waals surface area contributed by atoms with E-state index in [0.717, 1.165) is 5.56 Å². The van der Waals surface area contributed by atoms with Crippen LogP contribution in [0, 0.1) is 0 Å². The second-order valence-electron chi connectivity index (χ2n) is 8.66. The van der Waals surface area contributed by atoms with E-state index in [0.29, 0.717) is 45.9 Å². The summed E-state index contributed by atoms with van der Waals surface area (Å²) in [6.07, 6.45) is -5.03. The van der Waals surface area contributed by atoms with Crippen molar-refractivity contribution in [3.05, 3.63) is 52.9 Å². The maximum atomic E-state index is 13.2. The first-order chi connectivity index (χ1) is 16.3. The molecule has 0 N–H and O–H groups in total. The number of benzene rings is 1. The number of ether oxygens (including phenoxy) is 2. The molecule has 3 fully saturated rings. The zero-order valence-electron chi connectivity index (χ0n) is 18.2. The van der Waals surface area contributed by atoms with Gasteiger partial charge in [0.15, 0.2) is 0 Å². The summed E-state index contributed by atoms with van der Waals surface area (Å²) < 4.78 is 50.4. The summed E-state index contributed by atoms with van der Waals surface area (Å²) in [5, 5.41) is -0.251. The number of alkyl halides is 3. The van der Waals surface area contributed by atoms with Gasteiger partial charge >= 0.3 is 12.3 Å². The predicted molar refractivity (Wildman–Crippen MR) is 117 cm³/mol. The van der Waals surface area contributed by atoms with Gasteiger partial charge in [-0.05, 0) is 5.56 Å². The highest BCUT2D eigenvalue weighted by molar-refractivity contribution is 6.29. The Bertz CT molecular complexity index is 1050. The van der Waals surface area contributed by atoms with E-state index >= 15 is 0 Å². The third kappa shape index (κ3) is 4.27. The second kappa shape index (κ2) is 8.86. The smallest absolute Gasteiger partial charge is 0.445 e. The Hall–Kier alpha value is -2.63. The number of aromatic nitrogens is 2. The number of anilines is 1. The number of hydrogen-bond donors (Lipinski definition) is 0. The molecule has 34 heavy (non-hydrogen) atoms. The van der Waals surface area contributed by atoms with Gasteiger partial charge in [0.2, 0.25) is 5.82 Å². The fourth-order valence-corrected chi connectivity index (χ4v) is 4.90. The number of carbonyl (C=O) groups excluding carboxylic acids is 1. The van der Waals surface area contributed by atoms with E-state index in [1.165, 1.54) is 6.07 Å². The van der Waals surface area contributed by atoms with Crippen LogP contribution >= 0.6 is 11.6 Å². The molecular formula is C22H23ClF3N5O3. The molecule has 0 radical (unpaired) electrons.